The van der Waals surface area contributed by atoms with Crippen LogP contribution in [0.3, 0.4) is 0 Å². The highest BCUT2D eigenvalue weighted by atomic mass is 16.5. The van der Waals surface area contributed by atoms with Crippen molar-refractivity contribution < 1.29 is 9.47 Å². The molecule has 1 heterocycles. The van der Waals surface area contributed by atoms with E-state index in [4.69, 9.17) is 9.47 Å². The molecule has 0 atom stereocenters. The van der Waals surface area contributed by atoms with Gasteiger partial charge in [0.15, 0.2) is 5.82 Å². The molecule has 1 aromatic heterocycles. The Balaban J connectivity index is 2.45. The molecule has 5 heteroatoms. The number of rotatable bonds is 9. The van der Waals surface area contributed by atoms with Gasteiger partial charge < -0.3 is 14.8 Å². The van der Waals surface area contributed by atoms with Crippen LogP contribution >= 0.6 is 0 Å². The van der Waals surface area contributed by atoms with Crippen molar-refractivity contribution in [2.75, 3.05) is 25.6 Å². The van der Waals surface area contributed by atoms with Gasteiger partial charge in [0, 0.05) is 32.0 Å². The molecule has 1 rings (SSSR count). The van der Waals surface area contributed by atoms with E-state index in [0.717, 1.165) is 36.7 Å². The van der Waals surface area contributed by atoms with Crippen LogP contribution in [-0.2, 0) is 16.1 Å². The minimum Gasteiger partial charge on any atom is -0.379 e. The predicted molar refractivity (Wildman–Crippen MR) is 80.9 cm³/mol. The second-order valence-electron chi connectivity index (χ2n) is 5.50. The standard InChI is InChI=1S/C15H27N3O2/c1-6-8-16-13-10-12(2)17-14(18-13)11-20-9-7-15(3,4)19-5/h10H,6-9,11H2,1-5H3,(H,16,17,18). The van der Waals surface area contributed by atoms with Crippen molar-refractivity contribution in [2.45, 2.75) is 52.7 Å². The van der Waals surface area contributed by atoms with Crippen LogP contribution in [0.25, 0.3) is 0 Å². The molecule has 114 valence electrons. The molecular weight excluding hydrogens is 254 g/mol. The van der Waals surface area contributed by atoms with Crippen LogP contribution in [0.5, 0.6) is 0 Å². The van der Waals surface area contributed by atoms with Gasteiger partial charge in [-0.3, -0.25) is 0 Å². The molecule has 0 aliphatic rings. The number of methoxy groups -OCH3 is 1. The van der Waals surface area contributed by atoms with Gasteiger partial charge in [-0.2, -0.15) is 0 Å². The summed E-state index contributed by atoms with van der Waals surface area (Å²) in [6.45, 7) is 10.2. The second kappa shape index (κ2) is 8.17. The maximum absolute atomic E-state index is 5.64. The molecule has 0 amide bonds. The van der Waals surface area contributed by atoms with E-state index in [1.54, 1.807) is 7.11 Å². The lowest BCUT2D eigenvalue weighted by Gasteiger charge is -2.22. The summed E-state index contributed by atoms with van der Waals surface area (Å²) in [5, 5.41) is 3.27. The average molecular weight is 281 g/mol. The van der Waals surface area contributed by atoms with Crippen molar-refractivity contribution in [1.29, 1.82) is 0 Å². The Morgan fingerprint density at radius 2 is 2.05 bits per heavy atom. The maximum Gasteiger partial charge on any atom is 0.156 e. The highest BCUT2D eigenvalue weighted by molar-refractivity contribution is 5.35. The first kappa shape index (κ1) is 16.9. The fourth-order valence-corrected chi connectivity index (χ4v) is 1.62. The smallest absolute Gasteiger partial charge is 0.156 e. The van der Waals surface area contributed by atoms with Crippen LogP contribution in [-0.4, -0.2) is 35.8 Å². The Labute approximate surface area is 122 Å². The minimum atomic E-state index is -0.151. The molecule has 0 saturated carbocycles. The quantitative estimate of drug-likeness (QED) is 0.705. The van der Waals surface area contributed by atoms with Crippen molar-refractivity contribution in [2.24, 2.45) is 0 Å². The Morgan fingerprint density at radius 1 is 1.30 bits per heavy atom. The molecule has 0 aliphatic heterocycles. The van der Waals surface area contributed by atoms with E-state index in [1.165, 1.54) is 0 Å². The van der Waals surface area contributed by atoms with Gasteiger partial charge >= 0.3 is 0 Å². The summed E-state index contributed by atoms with van der Waals surface area (Å²) in [4.78, 5) is 8.84. The van der Waals surface area contributed by atoms with Gasteiger partial charge in [0.25, 0.3) is 0 Å². The Bertz CT molecular complexity index is 408. The Kier molecular flexibility index (Phi) is 6.88. The molecule has 0 spiro atoms. The normalized spacial score (nSPS) is 11.7. The lowest BCUT2D eigenvalue weighted by Crippen LogP contribution is -2.24. The van der Waals surface area contributed by atoms with Crippen molar-refractivity contribution in [3.05, 3.63) is 17.6 Å². The van der Waals surface area contributed by atoms with E-state index in [1.807, 2.05) is 26.8 Å². The lowest BCUT2D eigenvalue weighted by molar-refractivity contribution is -0.0132. The third kappa shape index (κ3) is 6.30. The second-order valence-corrected chi connectivity index (χ2v) is 5.50. The van der Waals surface area contributed by atoms with Gasteiger partial charge in [0.05, 0.1) is 5.60 Å². The number of ether oxygens (including phenoxy) is 2. The molecule has 0 saturated heterocycles. The zero-order chi connectivity index (χ0) is 15.0. The van der Waals surface area contributed by atoms with Crippen LogP contribution in [0.4, 0.5) is 5.82 Å². The lowest BCUT2D eigenvalue weighted by atomic mass is 10.1. The molecule has 5 nitrogen and oxygen atoms in total. The summed E-state index contributed by atoms with van der Waals surface area (Å²) in [6, 6.07) is 1.95. The number of nitrogens with one attached hydrogen (secondary N) is 1. The number of hydrogen-bond donors (Lipinski definition) is 1. The summed E-state index contributed by atoms with van der Waals surface area (Å²) in [5.41, 5.74) is 0.802. The average Bonchev–Trinajstić information content (AvgIpc) is 2.41. The number of aromatic nitrogens is 2. The molecule has 1 N–H and O–H groups in total. The van der Waals surface area contributed by atoms with Crippen molar-refractivity contribution in [3.63, 3.8) is 0 Å². The fourth-order valence-electron chi connectivity index (χ4n) is 1.62. The number of hydrogen-bond acceptors (Lipinski definition) is 5. The van der Waals surface area contributed by atoms with E-state index in [0.29, 0.717) is 13.2 Å². The third-order valence-electron chi connectivity index (χ3n) is 3.09. The molecule has 0 aromatic carbocycles. The highest BCUT2D eigenvalue weighted by Crippen LogP contribution is 2.13. The SMILES string of the molecule is CCCNc1cc(C)nc(COCCC(C)(C)OC)n1. The number of aryl methyl sites for hydroxylation is 1. The Morgan fingerprint density at radius 3 is 2.70 bits per heavy atom. The topological polar surface area (TPSA) is 56.3 Å². The van der Waals surface area contributed by atoms with E-state index in [9.17, 15) is 0 Å². The summed E-state index contributed by atoms with van der Waals surface area (Å²) >= 11 is 0. The van der Waals surface area contributed by atoms with Gasteiger partial charge in [0.2, 0.25) is 0 Å². The molecule has 0 fully saturated rings. The van der Waals surface area contributed by atoms with Crippen LogP contribution < -0.4 is 5.32 Å². The van der Waals surface area contributed by atoms with Crippen LogP contribution in [0.1, 0.15) is 45.1 Å². The molecule has 0 aliphatic carbocycles. The van der Waals surface area contributed by atoms with Crippen molar-refractivity contribution >= 4 is 5.82 Å². The van der Waals surface area contributed by atoms with Gasteiger partial charge in [-0.1, -0.05) is 6.92 Å². The first-order valence-electron chi connectivity index (χ1n) is 7.18. The molecule has 20 heavy (non-hydrogen) atoms. The molecule has 1 aromatic rings. The largest absolute Gasteiger partial charge is 0.379 e. The third-order valence-corrected chi connectivity index (χ3v) is 3.09. The minimum absolute atomic E-state index is 0.151. The van der Waals surface area contributed by atoms with Gasteiger partial charge in [-0.15, -0.1) is 0 Å². The molecule has 0 unspecified atom stereocenters. The molecule has 0 bridgehead atoms. The van der Waals surface area contributed by atoms with Crippen LogP contribution in [0, 0.1) is 6.92 Å². The van der Waals surface area contributed by atoms with E-state index in [2.05, 4.69) is 22.2 Å². The van der Waals surface area contributed by atoms with Crippen molar-refractivity contribution in [1.82, 2.24) is 9.97 Å². The number of nitrogens with zero attached hydrogens (tertiary/aromatic N) is 2. The van der Waals surface area contributed by atoms with Crippen molar-refractivity contribution in [3.8, 4) is 0 Å². The Hall–Kier alpha value is -1.20. The fraction of sp³-hybridized carbons (Fsp3) is 0.733. The predicted octanol–water partition coefficient (Wildman–Crippen LogP) is 2.94. The zero-order valence-corrected chi connectivity index (χ0v) is 13.3. The zero-order valence-electron chi connectivity index (χ0n) is 13.3. The monoisotopic (exact) mass is 281 g/mol. The van der Waals surface area contributed by atoms with Crippen LogP contribution in [0.2, 0.25) is 0 Å². The van der Waals surface area contributed by atoms with Crippen LogP contribution in [0.15, 0.2) is 6.07 Å². The maximum atomic E-state index is 5.64. The van der Waals surface area contributed by atoms with E-state index >= 15 is 0 Å². The van der Waals surface area contributed by atoms with Gasteiger partial charge in [-0.05, 0) is 33.6 Å². The molecular formula is C15H27N3O2. The van der Waals surface area contributed by atoms with E-state index in [-0.39, 0.29) is 5.60 Å². The summed E-state index contributed by atoms with van der Waals surface area (Å²) in [6.07, 6.45) is 1.91. The summed E-state index contributed by atoms with van der Waals surface area (Å²) < 4.78 is 11.0. The van der Waals surface area contributed by atoms with Gasteiger partial charge in [-0.25, -0.2) is 9.97 Å². The summed E-state index contributed by atoms with van der Waals surface area (Å²) in [5.74, 6) is 1.59. The molecule has 0 radical (unpaired) electrons. The first-order chi connectivity index (χ1) is 9.46. The van der Waals surface area contributed by atoms with E-state index < -0.39 is 0 Å². The first-order valence-corrected chi connectivity index (χ1v) is 7.18. The highest BCUT2D eigenvalue weighted by Gasteiger charge is 2.15. The summed E-state index contributed by atoms with van der Waals surface area (Å²) in [7, 11) is 1.72. The number of anilines is 1. The van der Waals surface area contributed by atoms with Gasteiger partial charge in [0.1, 0.15) is 12.4 Å².